The van der Waals surface area contributed by atoms with Gasteiger partial charge >= 0.3 is 5.97 Å². The number of para-hydroxylation sites is 1. The predicted molar refractivity (Wildman–Crippen MR) is 126 cm³/mol. The van der Waals surface area contributed by atoms with E-state index in [-0.39, 0.29) is 29.5 Å². The second-order valence-corrected chi connectivity index (χ2v) is 9.44. The Kier molecular flexibility index (Phi) is 8.24. The smallest absolute Gasteiger partial charge is 0.340 e. The van der Waals surface area contributed by atoms with Gasteiger partial charge in [0.2, 0.25) is 15.9 Å². The van der Waals surface area contributed by atoms with Crippen LogP contribution in [0.3, 0.4) is 0 Å². The maximum absolute atomic E-state index is 12.7. The summed E-state index contributed by atoms with van der Waals surface area (Å²) in [6.45, 7) is 3.25. The molecule has 3 rings (SSSR count). The lowest BCUT2D eigenvalue weighted by atomic mass is 10.1. The Morgan fingerprint density at radius 1 is 1.06 bits per heavy atom. The third kappa shape index (κ3) is 6.33. The number of esters is 1. The minimum Gasteiger partial charge on any atom is -0.462 e. The van der Waals surface area contributed by atoms with Crippen LogP contribution in [0, 0.1) is 0 Å². The molecule has 2 aromatic rings. The van der Waals surface area contributed by atoms with Gasteiger partial charge < -0.3 is 19.7 Å². The number of carbonyl (C=O) groups is 3. The highest BCUT2D eigenvalue weighted by Crippen LogP contribution is 2.21. The molecule has 10 nitrogen and oxygen atoms in total. The molecule has 11 heteroatoms. The Labute approximate surface area is 198 Å². The summed E-state index contributed by atoms with van der Waals surface area (Å²) in [6.07, 6.45) is 0.986. The summed E-state index contributed by atoms with van der Waals surface area (Å²) < 4.78 is 36.0. The van der Waals surface area contributed by atoms with Crippen LogP contribution in [0.2, 0.25) is 0 Å². The van der Waals surface area contributed by atoms with Gasteiger partial charge in [0.15, 0.2) is 0 Å². The number of amides is 2. The van der Waals surface area contributed by atoms with Gasteiger partial charge in [-0.3, -0.25) is 13.9 Å². The number of benzene rings is 2. The minimum atomic E-state index is -3.82. The van der Waals surface area contributed by atoms with Gasteiger partial charge in [0.25, 0.3) is 5.91 Å². The molecule has 182 valence electrons. The van der Waals surface area contributed by atoms with E-state index in [0.717, 1.165) is 10.6 Å². The largest absolute Gasteiger partial charge is 0.462 e. The summed E-state index contributed by atoms with van der Waals surface area (Å²) in [5.74, 6) is -1.41. The number of morpholine rings is 1. The molecule has 0 bridgehead atoms. The van der Waals surface area contributed by atoms with E-state index < -0.39 is 28.4 Å². The van der Waals surface area contributed by atoms with Crippen molar-refractivity contribution in [1.29, 1.82) is 0 Å². The van der Waals surface area contributed by atoms with Gasteiger partial charge in [-0.25, -0.2) is 13.2 Å². The number of hydrogen-bond acceptors (Lipinski definition) is 7. The fourth-order valence-electron chi connectivity index (χ4n) is 3.42. The van der Waals surface area contributed by atoms with Gasteiger partial charge in [-0.1, -0.05) is 12.1 Å². The zero-order chi connectivity index (χ0) is 24.7. The SMILES string of the molecule is CCOC(=O)c1ccccc1NC(=O)CN(c1ccc(C(=O)N2CCOCC2)cc1)S(C)(=O)=O. The molecule has 2 amide bonds. The van der Waals surface area contributed by atoms with Crippen molar-refractivity contribution < 1.29 is 32.3 Å². The lowest BCUT2D eigenvalue weighted by Gasteiger charge is -2.27. The quantitative estimate of drug-likeness (QED) is 0.561. The molecule has 0 radical (unpaired) electrons. The van der Waals surface area contributed by atoms with E-state index in [0.29, 0.717) is 31.9 Å². The standard InChI is InChI=1S/C23H27N3O7S/c1-3-33-23(29)19-6-4-5-7-20(19)24-21(27)16-26(34(2,30)31)18-10-8-17(9-11-18)22(28)25-12-14-32-15-13-25/h4-11H,3,12-16H2,1-2H3,(H,24,27). The van der Waals surface area contributed by atoms with Crippen LogP contribution in [0.5, 0.6) is 0 Å². The first-order chi connectivity index (χ1) is 16.2. The Morgan fingerprint density at radius 3 is 2.32 bits per heavy atom. The number of rotatable bonds is 8. The molecule has 1 fully saturated rings. The summed E-state index contributed by atoms with van der Waals surface area (Å²) in [5, 5.41) is 2.58. The molecule has 1 heterocycles. The van der Waals surface area contributed by atoms with E-state index in [1.165, 1.54) is 36.4 Å². The molecule has 1 saturated heterocycles. The predicted octanol–water partition coefficient (Wildman–Crippen LogP) is 1.74. The number of carbonyl (C=O) groups excluding carboxylic acids is 3. The Hall–Kier alpha value is -3.44. The molecule has 2 aromatic carbocycles. The van der Waals surface area contributed by atoms with E-state index in [4.69, 9.17) is 9.47 Å². The third-order valence-corrected chi connectivity index (χ3v) is 6.23. The second-order valence-electron chi connectivity index (χ2n) is 7.54. The first-order valence-corrected chi connectivity index (χ1v) is 12.6. The van der Waals surface area contributed by atoms with E-state index in [9.17, 15) is 22.8 Å². The van der Waals surface area contributed by atoms with Gasteiger partial charge in [-0.2, -0.15) is 0 Å². The van der Waals surface area contributed by atoms with Crippen LogP contribution in [0.4, 0.5) is 11.4 Å². The molecule has 34 heavy (non-hydrogen) atoms. The Balaban J connectivity index is 1.75. The second kappa shape index (κ2) is 11.1. The molecule has 0 saturated carbocycles. The highest BCUT2D eigenvalue weighted by Gasteiger charge is 2.24. The maximum Gasteiger partial charge on any atom is 0.340 e. The van der Waals surface area contributed by atoms with E-state index in [1.807, 2.05) is 0 Å². The average Bonchev–Trinajstić information content (AvgIpc) is 2.82. The molecule has 0 aromatic heterocycles. The van der Waals surface area contributed by atoms with Crippen LogP contribution in [-0.2, 0) is 24.3 Å². The summed E-state index contributed by atoms with van der Waals surface area (Å²) in [7, 11) is -3.82. The number of anilines is 2. The van der Waals surface area contributed by atoms with Gasteiger partial charge in [-0.05, 0) is 43.3 Å². The number of sulfonamides is 1. The summed E-state index contributed by atoms with van der Waals surface area (Å²) >= 11 is 0. The summed E-state index contributed by atoms with van der Waals surface area (Å²) in [5.41, 5.74) is 1.02. The Morgan fingerprint density at radius 2 is 1.71 bits per heavy atom. The maximum atomic E-state index is 12.7. The zero-order valence-electron chi connectivity index (χ0n) is 19.0. The van der Waals surface area contributed by atoms with Crippen molar-refractivity contribution in [2.45, 2.75) is 6.92 Å². The number of hydrogen-bond donors (Lipinski definition) is 1. The number of nitrogens with zero attached hydrogens (tertiary/aromatic N) is 2. The molecule has 0 aliphatic carbocycles. The lowest BCUT2D eigenvalue weighted by molar-refractivity contribution is -0.114. The van der Waals surface area contributed by atoms with Crippen molar-refractivity contribution in [2.75, 3.05) is 55.3 Å². The van der Waals surface area contributed by atoms with Crippen molar-refractivity contribution >= 4 is 39.2 Å². The average molecular weight is 490 g/mol. The topological polar surface area (TPSA) is 122 Å². The molecule has 1 N–H and O–H groups in total. The first kappa shape index (κ1) is 25.2. The van der Waals surface area contributed by atoms with Crippen molar-refractivity contribution in [2.24, 2.45) is 0 Å². The van der Waals surface area contributed by atoms with Crippen LogP contribution in [-0.4, -0.2) is 76.8 Å². The number of nitrogens with one attached hydrogen (secondary N) is 1. The van der Waals surface area contributed by atoms with E-state index in [1.54, 1.807) is 24.0 Å². The summed E-state index contributed by atoms with van der Waals surface area (Å²) in [4.78, 5) is 39.1. The van der Waals surface area contributed by atoms with Crippen LogP contribution >= 0.6 is 0 Å². The normalized spacial score (nSPS) is 13.8. The van der Waals surface area contributed by atoms with Crippen molar-refractivity contribution in [1.82, 2.24) is 4.90 Å². The lowest BCUT2D eigenvalue weighted by Crippen LogP contribution is -2.40. The van der Waals surface area contributed by atoms with Crippen LogP contribution in [0.1, 0.15) is 27.6 Å². The van der Waals surface area contributed by atoms with Gasteiger partial charge in [0.1, 0.15) is 6.54 Å². The molecule has 1 aliphatic rings. The van der Waals surface area contributed by atoms with Gasteiger partial charge in [0, 0.05) is 18.7 Å². The molecule has 0 spiro atoms. The van der Waals surface area contributed by atoms with Crippen molar-refractivity contribution in [3.63, 3.8) is 0 Å². The zero-order valence-corrected chi connectivity index (χ0v) is 19.8. The molecule has 1 aliphatic heterocycles. The van der Waals surface area contributed by atoms with Crippen LogP contribution in [0.15, 0.2) is 48.5 Å². The van der Waals surface area contributed by atoms with Crippen LogP contribution in [0.25, 0.3) is 0 Å². The van der Waals surface area contributed by atoms with Crippen molar-refractivity contribution in [3.8, 4) is 0 Å². The molecule has 0 unspecified atom stereocenters. The summed E-state index contributed by atoms with van der Waals surface area (Å²) in [6, 6.07) is 12.3. The third-order valence-electron chi connectivity index (χ3n) is 5.08. The number of ether oxygens (including phenoxy) is 2. The van der Waals surface area contributed by atoms with Gasteiger partial charge in [0.05, 0.1) is 43.0 Å². The Bertz CT molecular complexity index is 1140. The monoisotopic (exact) mass is 489 g/mol. The highest BCUT2D eigenvalue weighted by molar-refractivity contribution is 7.92. The van der Waals surface area contributed by atoms with E-state index >= 15 is 0 Å². The van der Waals surface area contributed by atoms with Crippen molar-refractivity contribution in [3.05, 3.63) is 59.7 Å². The fourth-order valence-corrected chi connectivity index (χ4v) is 4.27. The highest BCUT2D eigenvalue weighted by atomic mass is 32.2. The molecular formula is C23H27N3O7S. The fraction of sp³-hybridized carbons (Fsp3) is 0.348. The van der Waals surface area contributed by atoms with Crippen LogP contribution < -0.4 is 9.62 Å². The molecular weight excluding hydrogens is 462 g/mol. The van der Waals surface area contributed by atoms with Gasteiger partial charge in [-0.15, -0.1) is 0 Å². The minimum absolute atomic E-state index is 0.162. The first-order valence-electron chi connectivity index (χ1n) is 10.7. The molecule has 0 atom stereocenters. The van der Waals surface area contributed by atoms with E-state index in [2.05, 4.69) is 5.32 Å².